The molecule has 25 heavy (non-hydrogen) atoms. The molecule has 9 heteroatoms. The van der Waals surface area contributed by atoms with Gasteiger partial charge in [-0.3, -0.25) is 19.0 Å². The third-order valence-corrected chi connectivity index (χ3v) is 3.48. The van der Waals surface area contributed by atoms with E-state index in [0.717, 1.165) is 34.0 Å². The second kappa shape index (κ2) is 6.98. The Morgan fingerprint density at radius 1 is 1.20 bits per heavy atom. The van der Waals surface area contributed by atoms with E-state index in [-0.39, 0.29) is 17.0 Å². The van der Waals surface area contributed by atoms with Crippen molar-refractivity contribution in [1.82, 2.24) is 9.63 Å². The van der Waals surface area contributed by atoms with Crippen LogP contribution < -0.4 is 10.3 Å². The molecular formula is C16H15F3N2O4. The highest BCUT2D eigenvalue weighted by atomic mass is 19.4. The van der Waals surface area contributed by atoms with Gasteiger partial charge in [0, 0.05) is 25.0 Å². The molecule has 2 rings (SSSR count). The van der Waals surface area contributed by atoms with Crippen molar-refractivity contribution in [3.8, 4) is 11.4 Å². The molecule has 1 aromatic carbocycles. The average molecular weight is 356 g/mol. The second-order valence-electron chi connectivity index (χ2n) is 5.00. The third-order valence-electron chi connectivity index (χ3n) is 3.48. The molecule has 0 fully saturated rings. The summed E-state index contributed by atoms with van der Waals surface area (Å²) in [5.41, 5.74) is -1.62. The molecule has 0 aliphatic rings. The van der Waals surface area contributed by atoms with E-state index in [1.54, 1.807) is 0 Å². The zero-order chi connectivity index (χ0) is 18.8. The smallest absolute Gasteiger partial charge is 0.416 e. The van der Waals surface area contributed by atoms with Crippen LogP contribution in [0.5, 0.6) is 5.75 Å². The first kappa shape index (κ1) is 18.5. The highest BCUT2D eigenvalue weighted by Crippen LogP contribution is 2.30. The topological polar surface area (TPSA) is 60.8 Å². The number of hydrogen-bond donors (Lipinski definition) is 0. The number of carbonyl (C=O) groups is 1. The van der Waals surface area contributed by atoms with Crippen LogP contribution in [-0.2, 0) is 11.0 Å². The molecule has 1 amide bonds. The number of carbonyl (C=O) groups excluding carboxylic acids is 1. The van der Waals surface area contributed by atoms with E-state index in [2.05, 4.69) is 0 Å². The van der Waals surface area contributed by atoms with Gasteiger partial charge in [-0.2, -0.15) is 13.2 Å². The van der Waals surface area contributed by atoms with Gasteiger partial charge in [-0.25, -0.2) is 5.06 Å². The zero-order valence-corrected chi connectivity index (χ0v) is 13.6. The molecule has 0 bridgehead atoms. The van der Waals surface area contributed by atoms with Crippen molar-refractivity contribution in [1.29, 1.82) is 0 Å². The van der Waals surface area contributed by atoms with E-state index in [1.165, 1.54) is 33.4 Å². The van der Waals surface area contributed by atoms with Crippen molar-refractivity contribution in [2.75, 3.05) is 21.3 Å². The highest BCUT2D eigenvalue weighted by molar-refractivity contribution is 5.95. The number of hydroxylamine groups is 2. The Balaban J connectivity index is 2.63. The van der Waals surface area contributed by atoms with Gasteiger partial charge in [0.25, 0.3) is 11.5 Å². The summed E-state index contributed by atoms with van der Waals surface area (Å²) in [6, 6.07) is 5.25. The van der Waals surface area contributed by atoms with Crippen LogP contribution in [0.2, 0.25) is 0 Å². The van der Waals surface area contributed by atoms with Gasteiger partial charge < -0.3 is 4.74 Å². The largest absolute Gasteiger partial charge is 0.496 e. The molecule has 0 saturated heterocycles. The molecule has 0 radical (unpaired) electrons. The molecule has 0 saturated carbocycles. The van der Waals surface area contributed by atoms with Crippen LogP contribution in [0.15, 0.2) is 41.3 Å². The summed E-state index contributed by atoms with van der Waals surface area (Å²) in [6.45, 7) is 0. The van der Waals surface area contributed by atoms with Crippen LogP contribution in [0.4, 0.5) is 13.2 Å². The molecule has 134 valence electrons. The quantitative estimate of drug-likeness (QED) is 0.790. The lowest BCUT2D eigenvalue weighted by molar-refractivity contribution is -0.137. The predicted molar refractivity (Wildman–Crippen MR) is 82.7 cm³/mol. The van der Waals surface area contributed by atoms with Crippen LogP contribution >= 0.6 is 0 Å². The normalized spacial score (nSPS) is 11.3. The Bertz CT molecular complexity index is 846. The van der Waals surface area contributed by atoms with Crippen molar-refractivity contribution < 1.29 is 27.5 Å². The Morgan fingerprint density at radius 3 is 2.44 bits per heavy atom. The maximum Gasteiger partial charge on any atom is 0.416 e. The molecule has 0 unspecified atom stereocenters. The van der Waals surface area contributed by atoms with Gasteiger partial charge in [0.15, 0.2) is 0 Å². The summed E-state index contributed by atoms with van der Waals surface area (Å²) in [4.78, 5) is 29.3. The first-order valence-electron chi connectivity index (χ1n) is 6.99. The average Bonchev–Trinajstić information content (AvgIpc) is 2.59. The SMILES string of the molecule is COc1cc(=O)n(-c2cccc(C(F)(F)F)c2)cc1C(=O)N(C)OC. The summed E-state index contributed by atoms with van der Waals surface area (Å²) < 4.78 is 44.6. The zero-order valence-electron chi connectivity index (χ0n) is 13.6. The first-order chi connectivity index (χ1) is 11.7. The third kappa shape index (κ3) is 3.82. The maximum atomic E-state index is 12.9. The minimum Gasteiger partial charge on any atom is -0.496 e. The molecule has 0 spiro atoms. The molecule has 6 nitrogen and oxygen atoms in total. The Hall–Kier alpha value is -2.81. The van der Waals surface area contributed by atoms with Gasteiger partial charge in [-0.05, 0) is 18.2 Å². The Morgan fingerprint density at radius 2 is 1.88 bits per heavy atom. The standard InChI is InChI=1S/C16H15F3N2O4/c1-20(25-3)15(23)12-9-21(14(22)8-13(12)24-2)11-6-4-5-10(7-11)16(17,18)19/h4-9H,1-3H3. The first-order valence-corrected chi connectivity index (χ1v) is 6.99. The van der Waals surface area contributed by atoms with E-state index in [1.807, 2.05) is 0 Å². The number of rotatable bonds is 4. The Labute approximate surface area is 141 Å². The number of amides is 1. The van der Waals surface area contributed by atoms with Gasteiger partial charge in [0.05, 0.1) is 19.8 Å². The van der Waals surface area contributed by atoms with Crippen molar-refractivity contribution in [3.05, 3.63) is 58.0 Å². The summed E-state index contributed by atoms with van der Waals surface area (Å²) in [6.07, 6.45) is -3.44. The van der Waals surface area contributed by atoms with E-state index in [4.69, 9.17) is 9.57 Å². The minimum absolute atomic E-state index is 0.0119. The molecule has 0 aliphatic carbocycles. The lowest BCUT2D eigenvalue weighted by Crippen LogP contribution is -2.28. The summed E-state index contributed by atoms with van der Waals surface area (Å²) in [5.74, 6) is -0.637. The van der Waals surface area contributed by atoms with Gasteiger partial charge >= 0.3 is 6.18 Å². The lowest BCUT2D eigenvalue weighted by atomic mass is 10.1. The molecule has 0 N–H and O–H groups in total. The Kier molecular flexibility index (Phi) is 5.17. The van der Waals surface area contributed by atoms with E-state index < -0.39 is 23.2 Å². The number of alkyl halides is 3. The maximum absolute atomic E-state index is 12.9. The van der Waals surface area contributed by atoms with Crippen LogP contribution in [0.25, 0.3) is 5.69 Å². The fraction of sp³-hybridized carbons (Fsp3) is 0.250. The number of methoxy groups -OCH3 is 1. The summed E-state index contributed by atoms with van der Waals surface area (Å²) >= 11 is 0. The number of pyridine rings is 1. The van der Waals surface area contributed by atoms with Crippen LogP contribution in [0.1, 0.15) is 15.9 Å². The summed E-state index contributed by atoms with van der Waals surface area (Å²) in [7, 11) is 3.89. The van der Waals surface area contributed by atoms with Gasteiger partial charge in [-0.1, -0.05) is 6.07 Å². The van der Waals surface area contributed by atoms with Crippen molar-refractivity contribution >= 4 is 5.91 Å². The molecule has 1 heterocycles. The van der Waals surface area contributed by atoms with Gasteiger partial charge in [0.2, 0.25) is 0 Å². The van der Waals surface area contributed by atoms with E-state index >= 15 is 0 Å². The fourth-order valence-electron chi connectivity index (χ4n) is 2.13. The minimum atomic E-state index is -4.55. The van der Waals surface area contributed by atoms with Crippen LogP contribution in [0, 0.1) is 0 Å². The number of ether oxygens (including phenoxy) is 1. The monoisotopic (exact) mass is 356 g/mol. The van der Waals surface area contributed by atoms with E-state index in [9.17, 15) is 22.8 Å². The van der Waals surface area contributed by atoms with Crippen LogP contribution in [0.3, 0.4) is 0 Å². The summed E-state index contributed by atoms with van der Waals surface area (Å²) in [5, 5.41) is 0.902. The second-order valence-corrected chi connectivity index (χ2v) is 5.00. The molecule has 0 atom stereocenters. The number of benzene rings is 1. The fourth-order valence-corrected chi connectivity index (χ4v) is 2.13. The van der Waals surface area contributed by atoms with E-state index in [0.29, 0.717) is 0 Å². The van der Waals surface area contributed by atoms with Crippen molar-refractivity contribution in [2.45, 2.75) is 6.18 Å². The van der Waals surface area contributed by atoms with Gasteiger partial charge in [-0.15, -0.1) is 0 Å². The molecule has 0 aliphatic heterocycles. The number of hydrogen-bond acceptors (Lipinski definition) is 4. The van der Waals surface area contributed by atoms with Gasteiger partial charge in [0.1, 0.15) is 11.3 Å². The van der Waals surface area contributed by atoms with Crippen LogP contribution in [-0.4, -0.2) is 36.8 Å². The lowest BCUT2D eigenvalue weighted by Gasteiger charge is -2.17. The number of nitrogens with zero attached hydrogens (tertiary/aromatic N) is 2. The highest BCUT2D eigenvalue weighted by Gasteiger charge is 2.30. The molecule has 2 aromatic rings. The predicted octanol–water partition coefficient (Wildman–Crippen LogP) is 2.50. The molecule has 1 aromatic heterocycles. The number of aromatic nitrogens is 1. The van der Waals surface area contributed by atoms with Crippen molar-refractivity contribution in [3.63, 3.8) is 0 Å². The van der Waals surface area contributed by atoms with Crippen molar-refractivity contribution in [2.24, 2.45) is 0 Å². The number of halogens is 3. The molecular weight excluding hydrogens is 341 g/mol.